The Morgan fingerprint density at radius 3 is 2.68 bits per heavy atom. The van der Waals surface area contributed by atoms with Crippen molar-refractivity contribution in [3.63, 3.8) is 0 Å². The molecule has 0 aliphatic carbocycles. The summed E-state index contributed by atoms with van der Waals surface area (Å²) in [5.41, 5.74) is 1.73. The Labute approximate surface area is 133 Å². The maximum Gasteiger partial charge on any atom is 0.226 e. The normalized spacial score (nSPS) is 10.4. The van der Waals surface area contributed by atoms with Gasteiger partial charge in [0.2, 0.25) is 5.89 Å². The highest BCUT2D eigenvalue weighted by molar-refractivity contribution is 6.30. The summed E-state index contributed by atoms with van der Waals surface area (Å²) in [4.78, 5) is 4.33. The van der Waals surface area contributed by atoms with Gasteiger partial charge in [-0.3, -0.25) is 0 Å². The fourth-order valence-corrected chi connectivity index (χ4v) is 2.20. The van der Waals surface area contributed by atoms with Gasteiger partial charge < -0.3 is 9.15 Å². The number of aromatic nitrogens is 1. The van der Waals surface area contributed by atoms with Gasteiger partial charge in [-0.05, 0) is 36.4 Å². The van der Waals surface area contributed by atoms with Crippen molar-refractivity contribution >= 4 is 11.6 Å². The fourth-order valence-electron chi connectivity index (χ4n) is 2.07. The number of ether oxygens (including phenoxy) is 1. The number of benzene rings is 2. The molecule has 2 aromatic carbocycles. The predicted molar refractivity (Wildman–Crippen MR) is 88.1 cm³/mol. The largest absolute Gasteiger partial charge is 0.489 e. The van der Waals surface area contributed by atoms with Crippen molar-refractivity contribution < 1.29 is 9.15 Å². The molecule has 110 valence electrons. The zero-order valence-electron chi connectivity index (χ0n) is 11.8. The summed E-state index contributed by atoms with van der Waals surface area (Å²) in [5, 5.41) is 0.679. The first-order chi connectivity index (χ1) is 10.8. The molecule has 0 saturated carbocycles. The Morgan fingerprint density at radius 1 is 1.14 bits per heavy atom. The van der Waals surface area contributed by atoms with Gasteiger partial charge in [0.1, 0.15) is 12.4 Å². The number of oxazole rings is 1. The third-order valence-corrected chi connectivity index (χ3v) is 3.36. The summed E-state index contributed by atoms with van der Waals surface area (Å²) in [5.74, 6) is 1.94. The van der Waals surface area contributed by atoms with E-state index in [2.05, 4.69) is 11.6 Å². The maximum atomic E-state index is 5.89. The van der Waals surface area contributed by atoms with Gasteiger partial charge in [0, 0.05) is 10.6 Å². The Bertz CT molecular complexity index is 778. The Morgan fingerprint density at radius 2 is 1.91 bits per heavy atom. The average molecular weight is 312 g/mol. The van der Waals surface area contributed by atoms with E-state index in [1.165, 1.54) is 0 Å². The van der Waals surface area contributed by atoms with E-state index in [0.717, 1.165) is 16.9 Å². The topological polar surface area (TPSA) is 35.3 Å². The first kappa shape index (κ1) is 14.4. The van der Waals surface area contributed by atoms with E-state index in [0.29, 0.717) is 23.3 Å². The molecule has 0 amide bonds. The molecule has 0 spiro atoms. The van der Waals surface area contributed by atoms with Crippen LogP contribution in [0.2, 0.25) is 5.02 Å². The van der Waals surface area contributed by atoms with Crippen molar-refractivity contribution in [2.24, 2.45) is 0 Å². The van der Waals surface area contributed by atoms with Crippen molar-refractivity contribution in [2.45, 2.75) is 0 Å². The molecule has 0 radical (unpaired) electrons. The fraction of sp³-hybridized carbons (Fsp3) is 0.0556. The molecule has 22 heavy (non-hydrogen) atoms. The third-order valence-electron chi connectivity index (χ3n) is 3.11. The van der Waals surface area contributed by atoms with Gasteiger partial charge in [-0.25, -0.2) is 4.98 Å². The van der Waals surface area contributed by atoms with Crippen LogP contribution in [0.1, 0.15) is 0 Å². The van der Waals surface area contributed by atoms with Crippen LogP contribution in [-0.2, 0) is 0 Å². The average Bonchev–Trinajstić information content (AvgIpc) is 3.03. The van der Waals surface area contributed by atoms with Crippen LogP contribution >= 0.6 is 11.6 Å². The lowest BCUT2D eigenvalue weighted by atomic mass is 10.1. The summed E-state index contributed by atoms with van der Waals surface area (Å²) in [7, 11) is 0. The number of rotatable bonds is 5. The standard InChI is InChI=1S/C18H14ClNO2/c1-2-11-21-16-6-4-3-5-15(16)17-12-20-18(22-17)13-7-9-14(19)10-8-13/h2-10,12H,1,11H2. The first-order valence-electron chi connectivity index (χ1n) is 6.83. The number of para-hydroxylation sites is 1. The van der Waals surface area contributed by atoms with E-state index in [1.807, 2.05) is 48.5 Å². The highest BCUT2D eigenvalue weighted by Crippen LogP contribution is 2.32. The van der Waals surface area contributed by atoms with Crippen molar-refractivity contribution in [3.05, 3.63) is 72.4 Å². The summed E-state index contributed by atoms with van der Waals surface area (Å²) < 4.78 is 11.5. The van der Waals surface area contributed by atoms with Gasteiger partial charge in [0.05, 0.1) is 11.8 Å². The predicted octanol–water partition coefficient (Wildman–Crippen LogP) is 5.23. The van der Waals surface area contributed by atoms with E-state index in [4.69, 9.17) is 20.8 Å². The molecule has 3 aromatic rings. The van der Waals surface area contributed by atoms with Crippen LogP contribution in [-0.4, -0.2) is 11.6 Å². The molecule has 0 N–H and O–H groups in total. The van der Waals surface area contributed by atoms with Gasteiger partial charge in [-0.2, -0.15) is 0 Å². The SMILES string of the molecule is C=CCOc1ccccc1-c1cnc(-c2ccc(Cl)cc2)o1. The van der Waals surface area contributed by atoms with E-state index in [-0.39, 0.29) is 0 Å². The summed E-state index contributed by atoms with van der Waals surface area (Å²) in [6.45, 7) is 4.10. The van der Waals surface area contributed by atoms with Crippen LogP contribution < -0.4 is 4.74 Å². The van der Waals surface area contributed by atoms with E-state index >= 15 is 0 Å². The molecule has 3 nitrogen and oxygen atoms in total. The quantitative estimate of drug-likeness (QED) is 0.605. The summed E-state index contributed by atoms with van der Waals surface area (Å²) >= 11 is 5.89. The lowest BCUT2D eigenvalue weighted by Gasteiger charge is -2.07. The monoisotopic (exact) mass is 311 g/mol. The van der Waals surface area contributed by atoms with Crippen LogP contribution in [0.4, 0.5) is 0 Å². The molecule has 0 atom stereocenters. The van der Waals surface area contributed by atoms with Crippen LogP contribution in [0.5, 0.6) is 5.75 Å². The minimum atomic E-state index is 0.440. The van der Waals surface area contributed by atoms with E-state index in [1.54, 1.807) is 12.3 Å². The molecule has 0 bridgehead atoms. The number of halogens is 1. The summed E-state index contributed by atoms with van der Waals surface area (Å²) in [6.07, 6.45) is 3.40. The molecule has 1 aromatic heterocycles. The van der Waals surface area contributed by atoms with Crippen molar-refractivity contribution in [2.75, 3.05) is 6.61 Å². The Balaban J connectivity index is 1.94. The molecular weight excluding hydrogens is 298 g/mol. The van der Waals surface area contributed by atoms with Crippen LogP contribution in [0, 0.1) is 0 Å². The smallest absolute Gasteiger partial charge is 0.226 e. The van der Waals surface area contributed by atoms with Crippen LogP contribution in [0.3, 0.4) is 0 Å². The molecule has 0 fully saturated rings. The Kier molecular flexibility index (Phi) is 4.26. The maximum absolute atomic E-state index is 5.89. The molecular formula is C18H14ClNO2. The lowest BCUT2D eigenvalue weighted by molar-refractivity contribution is 0.363. The van der Waals surface area contributed by atoms with Crippen molar-refractivity contribution in [1.82, 2.24) is 4.98 Å². The van der Waals surface area contributed by atoms with Crippen LogP contribution in [0.15, 0.2) is 71.8 Å². The second kappa shape index (κ2) is 6.50. The van der Waals surface area contributed by atoms with E-state index in [9.17, 15) is 0 Å². The van der Waals surface area contributed by atoms with Crippen molar-refractivity contribution in [3.8, 4) is 28.5 Å². The number of hydrogen-bond donors (Lipinski definition) is 0. The molecule has 0 unspecified atom stereocenters. The molecule has 0 aliphatic rings. The number of nitrogens with zero attached hydrogens (tertiary/aromatic N) is 1. The zero-order chi connectivity index (χ0) is 15.4. The van der Waals surface area contributed by atoms with Gasteiger partial charge in [-0.1, -0.05) is 36.4 Å². The number of hydrogen-bond acceptors (Lipinski definition) is 3. The molecule has 0 saturated heterocycles. The Hall–Kier alpha value is -2.52. The summed E-state index contributed by atoms with van der Waals surface area (Å²) in [6, 6.07) is 15.0. The first-order valence-corrected chi connectivity index (χ1v) is 7.20. The minimum Gasteiger partial charge on any atom is -0.489 e. The molecule has 1 heterocycles. The molecule has 0 aliphatic heterocycles. The lowest BCUT2D eigenvalue weighted by Crippen LogP contribution is -1.94. The van der Waals surface area contributed by atoms with Crippen LogP contribution in [0.25, 0.3) is 22.8 Å². The van der Waals surface area contributed by atoms with Gasteiger partial charge >= 0.3 is 0 Å². The minimum absolute atomic E-state index is 0.440. The second-order valence-corrected chi connectivity index (χ2v) is 5.07. The second-order valence-electron chi connectivity index (χ2n) is 4.63. The van der Waals surface area contributed by atoms with Gasteiger partial charge in [0.25, 0.3) is 0 Å². The zero-order valence-corrected chi connectivity index (χ0v) is 12.6. The van der Waals surface area contributed by atoms with Crippen molar-refractivity contribution in [1.29, 1.82) is 0 Å². The molecule has 3 rings (SSSR count). The molecule has 4 heteroatoms. The van der Waals surface area contributed by atoms with Gasteiger partial charge in [-0.15, -0.1) is 0 Å². The highest BCUT2D eigenvalue weighted by atomic mass is 35.5. The van der Waals surface area contributed by atoms with Gasteiger partial charge in [0.15, 0.2) is 5.76 Å². The third kappa shape index (κ3) is 3.05. The highest BCUT2D eigenvalue weighted by Gasteiger charge is 2.12. The van der Waals surface area contributed by atoms with E-state index < -0.39 is 0 Å².